The van der Waals surface area contributed by atoms with Crippen LogP contribution in [0.4, 0.5) is 0 Å². The summed E-state index contributed by atoms with van der Waals surface area (Å²) in [6, 6.07) is 3.14. The predicted octanol–water partition coefficient (Wildman–Crippen LogP) is 4.55. The molecule has 0 fully saturated rings. The fraction of sp³-hybridized carbons (Fsp3) is 0.611. The fourth-order valence-corrected chi connectivity index (χ4v) is 2.52. The minimum absolute atomic E-state index is 0.339. The number of pyridine rings is 1. The standard InChI is InChI=1S/C12H23BrO2.C6H6N2O/c13-11-9-7-5-3-1-2-4-6-8-10-12(14)15;7-6(9)5-1-3-8-4-2-5/h1-11H2,(H,14,15);1-4H,(H2,7,9). The number of nitrogens with zero attached hydrogens (tertiary/aromatic N) is 1. The summed E-state index contributed by atoms with van der Waals surface area (Å²) in [7, 11) is 0. The molecule has 24 heavy (non-hydrogen) atoms. The maximum atomic E-state index is 10.4. The lowest BCUT2D eigenvalue weighted by molar-refractivity contribution is -0.137. The van der Waals surface area contributed by atoms with E-state index >= 15 is 0 Å². The van der Waals surface area contributed by atoms with E-state index in [1.54, 1.807) is 12.1 Å². The lowest BCUT2D eigenvalue weighted by atomic mass is 10.1. The topological polar surface area (TPSA) is 93.3 Å². The molecule has 3 N–H and O–H groups in total. The molecule has 0 aliphatic carbocycles. The van der Waals surface area contributed by atoms with Gasteiger partial charge in [0.25, 0.3) is 0 Å². The molecule has 1 aromatic rings. The van der Waals surface area contributed by atoms with Gasteiger partial charge in [0.1, 0.15) is 0 Å². The third kappa shape index (κ3) is 15.5. The zero-order chi connectivity index (χ0) is 18.0. The summed E-state index contributed by atoms with van der Waals surface area (Å²) >= 11 is 3.42. The number of carbonyl (C=O) groups is 2. The Morgan fingerprint density at radius 1 is 0.917 bits per heavy atom. The van der Waals surface area contributed by atoms with Crippen LogP contribution in [0.1, 0.15) is 74.6 Å². The summed E-state index contributed by atoms with van der Waals surface area (Å²) in [4.78, 5) is 24.3. The molecule has 136 valence electrons. The van der Waals surface area contributed by atoms with Crippen LogP contribution in [0.3, 0.4) is 0 Å². The number of hydrogen-bond donors (Lipinski definition) is 2. The molecule has 0 aromatic carbocycles. The van der Waals surface area contributed by atoms with Gasteiger partial charge in [-0.1, -0.05) is 60.9 Å². The molecule has 0 spiro atoms. The average Bonchev–Trinajstić information content (AvgIpc) is 2.57. The Kier molecular flexibility index (Phi) is 15.4. The van der Waals surface area contributed by atoms with Crippen LogP contribution in [0.2, 0.25) is 0 Å². The number of aromatic nitrogens is 1. The Balaban J connectivity index is 0.000000496. The monoisotopic (exact) mass is 400 g/mol. The molecule has 0 saturated heterocycles. The highest BCUT2D eigenvalue weighted by Gasteiger charge is 1.96. The van der Waals surface area contributed by atoms with Crippen LogP contribution in [-0.4, -0.2) is 27.3 Å². The highest BCUT2D eigenvalue weighted by Crippen LogP contribution is 2.10. The van der Waals surface area contributed by atoms with Crippen molar-refractivity contribution in [3.05, 3.63) is 30.1 Å². The number of amides is 1. The van der Waals surface area contributed by atoms with Crippen LogP contribution in [0.25, 0.3) is 0 Å². The van der Waals surface area contributed by atoms with Gasteiger partial charge in [0, 0.05) is 29.7 Å². The summed E-state index contributed by atoms with van der Waals surface area (Å²) in [6.07, 6.45) is 14.4. The zero-order valence-electron chi connectivity index (χ0n) is 14.3. The third-order valence-electron chi connectivity index (χ3n) is 3.49. The summed E-state index contributed by atoms with van der Waals surface area (Å²) in [5.41, 5.74) is 5.44. The maximum Gasteiger partial charge on any atom is 0.303 e. The number of carboxylic acids is 1. The van der Waals surface area contributed by atoms with Crippen molar-refractivity contribution in [2.45, 2.75) is 64.2 Å². The fourth-order valence-electron chi connectivity index (χ4n) is 2.12. The molecule has 1 aromatic heterocycles. The second-order valence-corrected chi connectivity index (χ2v) is 6.41. The average molecular weight is 401 g/mol. The van der Waals surface area contributed by atoms with Crippen molar-refractivity contribution in [3.63, 3.8) is 0 Å². The molecule has 0 saturated carbocycles. The van der Waals surface area contributed by atoms with Crippen molar-refractivity contribution in [2.75, 3.05) is 5.33 Å². The summed E-state index contributed by atoms with van der Waals surface area (Å²) in [5, 5.41) is 9.56. The van der Waals surface area contributed by atoms with Crippen molar-refractivity contribution in [2.24, 2.45) is 5.73 Å². The van der Waals surface area contributed by atoms with Crippen LogP contribution in [0.5, 0.6) is 0 Å². The lowest BCUT2D eigenvalue weighted by Gasteiger charge is -2.00. The number of hydrogen-bond acceptors (Lipinski definition) is 3. The van der Waals surface area contributed by atoms with E-state index in [9.17, 15) is 9.59 Å². The molecular formula is C18H29BrN2O3. The molecule has 0 unspecified atom stereocenters. The number of primary amides is 1. The van der Waals surface area contributed by atoms with Crippen molar-refractivity contribution in [1.29, 1.82) is 0 Å². The predicted molar refractivity (Wildman–Crippen MR) is 100 cm³/mol. The van der Waals surface area contributed by atoms with Crippen molar-refractivity contribution in [3.8, 4) is 0 Å². The molecule has 1 rings (SSSR count). The van der Waals surface area contributed by atoms with Gasteiger partial charge in [0.2, 0.25) is 5.91 Å². The van der Waals surface area contributed by atoms with Crippen LogP contribution >= 0.6 is 15.9 Å². The highest BCUT2D eigenvalue weighted by atomic mass is 79.9. The largest absolute Gasteiger partial charge is 0.481 e. The van der Waals surface area contributed by atoms with Crippen LogP contribution in [-0.2, 0) is 4.79 Å². The first kappa shape index (κ1) is 22.6. The Labute approximate surface area is 153 Å². The number of nitrogens with two attached hydrogens (primary N) is 1. The number of halogens is 1. The minimum atomic E-state index is -0.662. The van der Waals surface area contributed by atoms with Gasteiger partial charge in [-0.15, -0.1) is 0 Å². The second kappa shape index (κ2) is 16.4. The van der Waals surface area contributed by atoms with Crippen LogP contribution in [0.15, 0.2) is 24.5 Å². The first-order valence-electron chi connectivity index (χ1n) is 8.55. The van der Waals surface area contributed by atoms with E-state index < -0.39 is 11.9 Å². The van der Waals surface area contributed by atoms with Crippen molar-refractivity contribution < 1.29 is 14.7 Å². The Hall–Kier alpha value is -1.43. The number of unbranched alkanes of at least 4 members (excludes halogenated alkanes) is 8. The highest BCUT2D eigenvalue weighted by molar-refractivity contribution is 9.09. The van der Waals surface area contributed by atoms with Crippen molar-refractivity contribution in [1.82, 2.24) is 4.98 Å². The quantitative estimate of drug-likeness (QED) is 0.397. The van der Waals surface area contributed by atoms with Gasteiger partial charge < -0.3 is 10.8 Å². The SMILES string of the molecule is NC(=O)c1ccncc1.O=C(O)CCCCCCCCCCCBr. The molecule has 0 atom stereocenters. The second-order valence-electron chi connectivity index (χ2n) is 5.61. The normalized spacial score (nSPS) is 9.88. The molecule has 0 radical (unpaired) electrons. The molecular weight excluding hydrogens is 372 g/mol. The first-order chi connectivity index (χ1) is 11.6. The lowest BCUT2D eigenvalue weighted by Crippen LogP contribution is -2.10. The van der Waals surface area contributed by atoms with E-state index in [0.29, 0.717) is 12.0 Å². The van der Waals surface area contributed by atoms with Crippen molar-refractivity contribution >= 4 is 27.8 Å². The van der Waals surface area contributed by atoms with Gasteiger partial charge >= 0.3 is 5.97 Å². The molecule has 0 aliphatic heterocycles. The first-order valence-corrected chi connectivity index (χ1v) is 9.67. The smallest absolute Gasteiger partial charge is 0.303 e. The van der Waals surface area contributed by atoms with Gasteiger partial charge in [-0.2, -0.15) is 0 Å². The summed E-state index contributed by atoms with van der Waals surface area (Å²) in [5.74, 6) is -1.08. The van der Waals surface area contributed by atoms with Gasteiger partial charge in [-0.05, 0) is 25.0 Å². The molecule has 0 bridgehead atoms. The third-order valence-corrected chi connectivity index (χ3v) is 4.05. The van der Waals surface area contributed by atoms with Crippen LogP contribution in [0, 0.1) is 0 Å². The van der Waals surface area contributed by atoms with Crippen LogP contribution < -0.4 is 5.73 Å². The Bertz CT molecular complexity index is 441. The van der Waals surface area contributed by atoms with E-state index in [-0.39, 0.29) is 0 Å². The molecule has 1 heterocycles. The van der Waals surface area contributed by atoms with Gasteiger partial charge in [-0.25, -0.2) is 0 Å². The number of carbonyl (C=O) groups excluding carboxylic acids is 1. The van der Waals surface area contributed by atoms with Gasteiger partial charge in [-0.3, -0.25) is 14.6 Å². The van der Waals surface area contributed by atoms with E-state index in [0.717, 1.165) is 18.2 Å². The number of aliphatic carboxylic acids is 1. The minimum Gasteiger partial charge on any atom is -0.481 e. The number of carboxylic acid groups (broad SMARTS) is 1. The van der Waals surface area contributed by atoms with E-state index in [1.807, 2.05) is 0 Å². The Morgan fingerprint density at radius 3 is 1.75 bits per heavy atom. The van der Waals surface area contributed by atoms with E-state index in [4.69, 9.17) is 10.8 Å². The van der Waals surface area contributed by atoms with Gasteiger partial charge in [0.05, 0.1) is 0 Å². The molecule has 0 aliphatic rings. The number of alkyl halides is 1. The molecule has 6 heteroatoms. The Morgan fingerprint density at radius 2 is 1.38 bits per heavy atom. The molecule has 1 amide bonds. The van der Waals surface area contributed by atoms with E-state index in [1.165, 1.54) is 57.3 Å². The number of rotatable bonds is 12. The van der Waals surface area contributed by atoms with E-state index in [2.05, 4.69) is 20.9 Å². The summed E-state index contributed by atoms with van der Waals surface area (Å²) < 4.78 is 0. The summed E-state index contributed by atoms with van der Waals surface area (Å²) in [6.45, 7) is 0. The zero-order valence-corrected chi connectivity index (χ0v) is 15.8. The van der Waals surface area contributed by atoms with Gasteiger partial charge in [0.15, 0.2) is 0 Å². The molecule has 5 nitrogen and oxygen atoms in total. The maximum absolute atomic E-state index is 10.4.